The van der Waals surface area contributed by atoms with Crippen LogP contribution in [0.4, 0.5) is 14.9 Å². The van der Waals surface area contributed by atoms with E-state index in [1.54, 1.807) is 20.8 Å². The number of carbonyl (C=O) groups excluding carboxylic acids is 1. The van der Waals surface area contributed by atoms with Crippen LogP contribution in [0, 0.1) is 11.2 Å². The Hall–Kier alpha value is -2.94. The molecule has 2 heterocycles. The molecule has 0 unspecified atom stereocenters. The Kier molecular flexibility index (Phi) is 6.08. The van der Waals surface area contributed by atoms with Crippen LogP contribution in [-0.2, 0) is 17.7 Å². The van der Waals surface area contributed by atoms with E-state index in [0.717, 1.165) is 4.68 Å². The highest BCUT2D eigenvalue weighted by Gasteiger charge is 2.26. The quantitative estimate of drug-likeness (QED) is 0.617. The second-order valence-corrected chi connectivity index (χ2v) is 10.3. The predicted molar refractivity (Wildman–Crippen MR) is 122 cm³/mol. The second-order valence-electron chi connectivity index (χ2n) is 9.90. The number of rotatable bonds is 3. The Labute approximate surface area is 190 Å². The molecular weight excluding hydrogens is 437 g/mol. The number of aromatic nitrogens is 4. The van der Waals surface area contributed by atoms with Crippen LogP contribution in [0.25, 0.3) is 11.0 Å². The average molecular weight is 464 g/mol. The topological polar surface area (TPSA) is 105 Å². The number of halogens is 2. The largest absolute Gasteiger partial charge is 0.443 e. The lowest BCUT2D eigenvalue weighted by atomic mass is 9.87. The molecule has 32 heavy (non-hydrogen) atoms. The molecule has 0 amide bonds. The number of hydrogen-bond acceptors (Lipinski definition) is 6. The molecule has 10 heteroatoms. The van der Waals surface area contributed by atoms with Crippen LogP contribution in [-0.4, -0.2) is 31.0 Å². The minimum Gasteiger partial charge on any atom is -0.443 e. The summed E-state index contributed by atoms with van der Waals surface area (Å²) in [5.41, 5.74) is 5.42. The van der Waals surface area contributed by atoms with Crippen molar-refractivity contribution in [2.45, 2.75) is 60.1 Å². The van der Waals surface area contributed by atoms with E-state index in [4.69, 9.17) is 22.1 Å². The van der Waals surface area contributed by atoms with E-state index in [-0.39, 0.29) is 34.1 Å². The van der Waals surface area contributed by atoms with Gasteiger partial charge in [-0.05, 0) is 44.2 Å². The first-order valence-electron chi connectivity index (χ1n) is 10.1. The van der Waals surface area contributed by atoms with Gasteiger partial charge in [0.1, 0.15) is 29.5 Å². The average Bonchev–Trinajstić information content (AvgIpc) is 2.94. The fraction of sp³-hybridized carbons (Fsp3) is 0.455. The third-order valence-corrected chi connectivity index (χ3v) is 4.62. The van der Waals surface area contributed by atoms with E-state index in [9.17, 15) is 14.0 Å². The summed E-state index contributed by atoms with van der Waals surface area (Å²) in [5, 5.41) is 4.00. The molecule has 3 rings (SSSR count). The molecule has 8 nitrogen and oxygen atoms in total. The van der Waals surface area contributed by atoms with Crippen LogP contribution < -0.4 is 11.3 Å². The van der Waals surface area contributed by atoms with Gasteiger partial charge in [0.2, 0.25) is 0 Å². The summed E-state index contributed by atoms with van der Waals surface area (Å²) in [4.78, 5) is 30.2. The second kappa shape index (κ2) is 8.20. The van der Waals surface area contributed by atoms with Crippen molar-refractivity contribution >= 4 is 34.4 Å². The first kappa shape index (κ1) is 23.7. The third kappa shape index (κ3) is 5.27. The number of nitrogens with zero attached hydrogens (tertiary/aromatic N) is 4. The monoisotopic (exact) mass is 463 g/mol. The van der Waals surface area contributed by atoms with Gasteiger partial charge in [-0.15, -0.1) is 0 Å². The van der Waals surface area contributed by atoms with Crippen LogP contribution in [0.1, 0.15) is 52.9 Å². The summed E-state index contributed by atoms with van der Waals surface area (Å²) in [5.74, 6) is -0.360. The van der Waals surface area contributed by atoms with E-state index in [1.807, 2.05) is 20.8 Å². The molecule has 0 fully saturated rings. The summed E-state index contributed by atoms with van der Waals surface area (Å²) in [6, 6.07) is 3.88. The third-order valence-electron chi connectivity index (χ3n) is 4.43. The van der Waals surface area contributed by atoms with Gasteiger partial charge >= 0.3 is 6.09 Å². The fourth-order valence-corrected chi connectivity index (χ4v) is 3.56. The summed E-state index contributed by atoms with van der Waals surface area (Å²) in [6.45, 7) is 11.0. The van der Waals surface area contributed by atoms with E-state index in [1.165, 1.54) is 22.8 Å². The lowest BCUT2D eigenvalue weighted by Crippen LogP contribution is -2.31. The van der Waals surface area contributed by atoms with Crippen molar-refractivity contribution in [1.29, 1.82) is 0 Å². The first-order chi connectivity index (χ1) is 14.6. The van der Waals surface area contributed by atoms with Gasteiger partial charge in [0.05, 0.1) is 11.0 Å². The number of hydrogen-bond donors (Lipinski definition) is 1. The van der Waals surface area contributed by atoms with Crippen molar-refractivity contribution in [1.82, 2.24) is 19.3 Å². The van der Waals surface area contributed by atoms with Crippen LogP contribution in [0.15, 0.2) is 23.0 Å². The van der Waals surface area contributed by atoms with Crippen LogP contribution in [0.5, 0.6) is 0 Å². The molecular formula is C22H27ClFN5O3. The van der Waals surface area contributed by atoms with Gasteiger partial charge in [0, 0.05) is 12.1 Å². The molecule has 0 aliphatic heterocycles. The van der Waals surface area contributed by atoms with Crippen molar-refractivity contribution in [2.75, 3.05) is 5.73 Å². The number of benzene rings is 1. The Morgan fingerprint density at radius 1 is 1.19 bits per heavy atom. The van der Waals surface area contributed by atoms with Crippen molar-refractivity contribution in [3.8, 4) is 0 Å². The van der Waals surface area contributed by atoms with Gasteiger partial charge in [0.15, 0.2) is 5.15 Å². The normalized spacial score (nSPS) is 12.4. The zero-order valence-electron chi connectivity index (χ0n) is 19.0. The molecule has 0 atom stereocenters. The van der Waals surface area contributed by atoms with Gasteiger partial charge in [-0.1, -0.05) is 32.4 Å². The molecule has 2 N–H and O–H groups in total. The van der Waals surface area contributed by atoms with E-state index in [0.29, 0.717) is 17.5 Å². The standard InChI is InChI=1S/C22H27ClFN5O3/c1-21(2,3)10-12-7-13(24)8-15-18(12)26-17(29(15)20(31)32-22(4,5)6)11-28-19(30)14(25)9-16(23)27-28/h7-9H,10-11,25H2,1-6H3. The zero-order valence-corrected chi connectivity index (χ0v) is 19.7. The minimum absolute atomic E-state index is 0.0153. The molecule has 1 aromatic carbocycles. The number of ether oxygens (including phenoxy) is 1. The summed E-state index contributed by atoms with van der Waals surface area (Å²) in [7, 11) is 0. The van der Waals surface area contributed by atoms with Crippen molar-refractivity contribution in [3.05, 3.63) is 50.9 Å². The summed E-state index contributed by atoms with van der Waals surface area (Å²) in [6.07, 6.45) is -0.223. The number of imidazole rings is 1. The van der Waals surface area contributed by atoms with Gasteiger partial charge in [-0.3, -0.25) is 4.79 Å². The number of nitrogens with two attached hydrogens (primary N) is 1. The highest BCUT2D eigenvalue weighted by molar-refractivity contribution is 6.29. The van der Waals surface area contributed by atoms with E-state index in [2.05, 4.69) is 10.1 Å². The van der Waals surface area contributed by atoms with Crippen molar-refractivity contribution in [3.63, 3.8) is 0 Å². The maximum absolute atomic E-state index is 14.6. The summed E-state index contributed by atoms with van der Waals surface area (Å²) >= 11 is 5.96. The lowest BCUT2D eigenvalue weighted by Gasteiger charge is -2.21. The Morgan fingerprint density at radius 3 is 2.44 bits per heavy atom. The van der Waals surface area contributed by atoms with Crippen molar-refractivity contribution < 1.29 is 13.9 Å². The zero-order chi connectivity index (χ0) is 24.0. The molecule has 0 radical (unpaired) electrons. The maximum atomic E-state index is 14.6. The Morgan fingerprint density at radius 2 is 1.84 bits per heavy atom. The minimum atomic E-state index is -0.803. The number of fused-ring (bicyclic) bond motifs is 1. The molecule has 0 saturated carbocycles. The number of nitrogen functional groups attached to an aromatic ring is 1. The van der Waals surface area contributed by atoms with Crippen molar-refractivity contribution in [2.24, 2.45) is 5.41 Å². The highest BCUT2D eigenvalue weighted by Crippen LogP contribution is 2.29. The van der Waals surface area contributed by atoms with Crippen LogP contribution in [0.2, 0.25) is 5.15 Å². The smallest absolute Gasteiger partial charge is 0.420 e. The Balaban J connectivity index is 2.26. The van der Waals surface area contributed by atoms with Gasteiger partial charge in [0.25, 0.3) is 5.56 Å². The van der Waals surface area contributed by atoms with E-state index >= 15 is 0 Å². The van der Waals surface area contributed by atoms with Crippen LogP contribution in [0.3, 0.4) is 0 Å². The fourth-order valence-electron chi connectivity index (χ4n) is 3.35. The molecule has 0 saturated heterocycles. The molecule has 0 aliphatic rings. The molecule has 0 spiro atoms. The first-order valence-corrected chi connectivity index (χ1v) is 10.5. The SMILES string of the molecule is CC(C)(C)Cc1cc(F)cc2c1nc(Cn1nc(Cl)cc(N)c1=O)n2C(=O)OC(C)(C)C. The maximum Gasteiger partial charge on any atom is 0.420 e. The molecule has 172 valence electrons. The van der Waals surface area contributed by atoms with Crippen LogP contribution >= 0.6 is 11.6 Å². The molecule has 3 aromatic rings. The molecule has 0 aliphatic carbocycles. The van der Waals surface area contributed by atoms with Gasteiger partial charge in [-0.2, -0.15) is 5.10 Å². The summed E-state index contributed by atoms with van der Waals surface area (Å²) < 4.78 is 22.3. The highest BCUT2D eigenvalue weighted by atomic mass is 35.5. The number of carbonyl (C=O) groups is 1. The lowest BCUT2D eigenvalue weighted by molar-refractivity contribution is 0.0538. The Bertz CT molecular complexity index is 1250. The predicted octanol–water partition coefficient (Wildman–Crippen LogP) is 4.39. The molecule has 0 bridgehead atoms. The number of anilines is 1. The van der Waals surface area contributed by atoms with E-state index < -0.39 is 23.1 Å². The van der Waals surface area contributed by atoms with Gasteiger partial charge in [-0.25, -0.2) is 23.4 Å². The van der Waals surface area contributed by atoms with Gasteiger partial charge < -0.3 is 10.5 Å². The molecule has 2 aromatic heterocycles.